The highest BCUT2D eigenvalue weighted by Gasteiger charge is 2.35. The van der Waals surface area contributed by atoms with Gasteiger partial charge < -0.3 is 16.4 Å². The molecule has 1 aliphatic heterocycles. The van der Waals surface area contributed by atoms with E-state index >= 15 is 0 Å². The molecule has 1 aliphatic rings. The average molecular weight is 538 g/mol. The van der Waals surface area contributed by atoms with Gasteiger partial charge in [0.1, 0.15) is 5.82 Å². The first-order valence-corrected chi connectivity index (χ1v) is 13.7. The van der Waals surface area contributed by atoms with Gasteiger partial charge in [0.2, 0.25) is 11.8 Å². The summed E-state index contributed by atoms with van der Waals surface area (Å²) in [5.41, 5.74) is 7.73. The van der Waals surface area contributed by atoms with Gasteiger partial charge in [-0.05, 0) is 57.4 Å². The number of hydrogen-bond donors (Lipinski definition) is 3. The Bertz CT molecular complexity index is 938. The van der Waals surface area contributed by atoms with E-state index in [1.165, 1.54) is 24.3 Å². The molecule has 1 aromatic rings. The Morgan fingerprint density at radius 2 is 1.78 bits per heavy atom. The number of anilines is 1. The summed E-state index contributed by atoms with van der Waals surface area (Å²) in [6, 6.07) is 4.59. The minimum atomic E-state index is -1.32. The van der Waals surface area contributed by atoms with E-state index in [4.69, 9.17) is 5.73 Å². The molecule has 10 heteroatoms. The van der Waals surface area contributed by atoms with Crippen molar-refractivity contribution in [1.82, 2.24) is 13.9 Å². The van der Waals surface area contributed by atoms with Crippen molar-refractivity contribution in [1.29, 1.82) is 0 Å². The predicted octanol–water partition coefficient (Wildman–Crippen LogP) is 3.61. The number of allylic oxidation sites excluding steroid dienone is 3. The molecule has 0 saturated carbocycles. The fourth-order valence-corrected chi connectivity index (χ4v) is 5.21. The molecule has 0 aromatic heterocycles. The fourth-order valence-electron chi connectivity index (χ4n) is 3.64. The second-order valence-corrected chi connectivity index (χ2v) is 11.3. The van der Waals surface area contributed by atoms with Crippen LogP contribution in [0, 0.1) is 17.7 Å². The van der Waals surface area contributed by atoms with Crippen molar-refractivity contribution in [3.63, 3.8) is 0 Å². The van der Waals surface area contributed by atoms with Crippen LogP contribution in [-0.4, -0.2) is 62.9 Å². The first-order valence-electron chi connectivity index (χ1n) is 12.7. The van der Waals surface area contributed by atoms with E-state index in [-0.39, 0.29) is 30.1 Å². The van der Waals surface area contributed by atoms with Crippen molar-refractivity contribution >= 4 is 28.7 Å². The third-order valence-electron chi connectivity index (χ3n) is 5.58. The molecule has 37 heavy (non-hydrogen) atoms. The van der Waals surface area contributed by atoms with E-state index in [2.05, 4.69) is 31.1 Å². The topological polar surface area (TPSA) is 108 Å². The summed E-state index contributed by atoms with van der Waals surface area (Å²) >= 11 is -1.32. The van der Waals surface area contributed by atoms with Crippen LogP contribution >= 0.6 is 0 Å². The molecule has 4 unspecified atom stereocenters. The van der Waals surface area contributed by atoms with Gasteiger partial charge >= 0.3 is 0 Å². The Morgan fingerprint density at radius 1 is 1.16 bits per heavy atom. The summed E-state index contributed by atoms with van der Waals surface area (Å²) in [4.78, 5) is 24.8. The molecular formula is C27H44FN5O3S. The van der Waals surface area contributed by atoms with Crippen LogP contribution in [0.15, 0.2) is 48.6 Å². The monoisotopic (exact) mass is 537 g/mol. The molecule has 4 atom stereocenters. The van der Waals surface area contributed by atoms with E-state index in [1.807, 2.05) is 30.3 Å². The molecule has 208 valence electrons. The van der Waals surface area contributed by atoms with Crippen molar-refractivity contribution < 1.29 is 18.2 Å². The number of nitrogens with zero attached hydrogens (tertiary/aromatic N) is 2. The first kappa shape index (κ1) is 32.6. The Labute approximate surface area is 224 Å². The Balaban J connectivity index is 0.00000102. The van der Waals surface area contributed by atoms with Crippen molar-refractivity contribution in [2.75, 3.05) is 31.5 Å². The number of nitrogens with two attached hydrogens (primary N) is 1. The maximum absolute atomic E-state index is 13.0. The van der Waals surface area contributed by atoms with Crippen LogP contribution in [-0.2, 0) is 20.8 Å². The molecule has 0 aliphatic carbocycles. The molecule has 4 N–H and O–H groups in total. The van der Waals surface area contributed by atoms with E-state index < -0.39 is 23.3 Å². The number of amides is 2. The summed E-state index contributed by atoms with van der Waals surface area (Å²) in [5.74, 6) is -0.820. The van der Waals surface area contributed by atoms with Crippen LogP contribution in [0.25, 0.3) is 0 Å². The van der Waals surface area contributed by atoms with Crippen LogP contribution < -0.4 is 16.4 Å². The summed E-state index contributed by atoms with van der Waals surface area (Å²) in [6.07, 6.45) is 4.32. The van der Waals surface area contributed by atoms with E-state index in [9.17, 15) is 18.2 Å². The molecule has 1 fully saturated rings. The highest BCUT2D eigenvalue weighted by Crippen LogP contribution is 2.17. The van der Waals surface area contributed by atoms with E-state index in [1.54, 1.807) is 18.2 Å². The number of halogens is 1. The van der Waals surface area contributed by atoms with Gasteiger partial charge in [0.15, 0.2) is 11.2 Å². The van der Waals surface area contributed by atoms with Crippen LogP contribution in [0.2, 0.25) is 0 Å². The lowest BCUT2D eigenvalue weighted by Gasteiger charge is -2.24. The number of rotatable bonds is 11. The zero-order valence-electron chi connectivity index (χ0n) is 23.0. The van der Waals surface area contributed by atoms with Crippen LogP contribution in [0.3, 0.4) is 0 Å². The lowest BCUT2D eigenvalue weighted by Crippen LogP contribution is -2.48. The molecule has 1 aromatic carbocycles. The molecule has 2 amide bonds. The van der Waals surface area contributed by atoms with Gasteiger partial charge in [-0.3, -0.25) is 9.59 Å². The minimum Gasteiger partial charge on any atom is -0.353 e. The quantitative estimate of drug-likeness (QED) is 0.375. The standard InChI is InChI=1S/C21H34FN5O3S.C6H10/c1-14(2)13-26-9-10-27(31(26)30)16(4)21(29)24-12-18(23)11-15(3)20(28)25-19-7-5-17(22)6-8-19;1-4-5-6(2)3/h5-8,14-16,18H,9-13,23H2,1-4H3,(H,24,29)(H,25,28);4-5H,2H2,1,3H3/b;5-4-. The fraction of sp³-hybridized carbons (Fsp3) is 0.556. The highest BCUT2D eigenvalue weighted by molar-refractivity contribution is 7.80. The Kier molecular flexibility index (Phi) is 14.5. The minimum absolute atomic E-state index is 0.216. The maximum Gasteiger partial charge on any atom is 0.238 e. The van der Waals surface area contributed by atoms with Gasteiger partial charge in [-0.25, -0.2) is 12.9 Å². The van der Waals surface area contributed by atoms with Gasteiger partial charge in [0.25, 0.3) is 0 Å². The molecule has 0 radical (unpaired) electrons. The van der Waals surface area contributed by atoms with Gasteiger partial charge in [-0.2, -0.15) is 4.31 Å². The molecule has 8 nitrogen and oxygen atoms in total. The second-order valence-electron chi connectivity index (χ2n) is 9.81. The van der Waals surface area contributed by atoms with Crippen molar-refractivity contribution in [3.05, 3.63) is 54.4 Å². The summed E-state index contributed by atoms with van der Waals surface area (Å²) in [6.45, 7) is 17.4. The highest BCUT2D eigenvalue weighted by atomic mass is 32.2. The maximum atomic E-state index is 13.0. The zero-order chi connectivity index (χ0) is 28.1. The van der Waals surface area contributed by atoms with Gasteiger partial charge in [0.05, 0.1) is 6.04 Å². The molecule has 2 rings (SSSR count). The molecule has 0 bridgehead atoms. The van der Waals surface area contributed by atoms with Crippen molar-refractivity contribution in [3.8, 4) is 0 Å². The third-order valence-corrected chi connectivity index (χ3v) is 7.25. The van der Waals surface area contributed by atoms with Gasteiger partial charge in [-0.15, -0.1) is 0 Å². The smallest absolute Gasteiger partial charge is 0.238 e. The van der Waals surface area contributed by atoms with Crippen LogP contribution in [0.4, 0.5) is 10.1 Å². The molecule has 1 heterocycles. The first-order chi connectivity index (χ1) is 17.3. The van der Waals surface area contributed by atoms with Gasteiger partial charge in [-0.1, -0.05) is 45.1 Å². The number of hydrogen-bond acceptors (Lipinski definition) is 4. The SMILES string of the molecule is C=C(C)/C=C\C.CC(C)CN1CCN(C(C)C(=O)NCC(N)CC(C)C(=O)Nc2ccc(F)cc2)S1=O. The van der Waals surface area contributed by atoms with E-state index in [0.717, 1.165) is 12.1 Å². The number of carbonyl (C=O) groups excluding carboxylic acids is 2. The van der Waals surface area contributed by atoms with Crippen molar-refractivity contribution in [2.24, 2.45) is 17.6 Å². The number of nitrogens with one attached hydrogen (secondary N) is 2. The predicted molar refractivity (Wildman–Crippen MR) is 150 cm³/mol. The second kappa shape index (κ2) is 16.4. The lowest BCUT2D eigenvalue weighted by atomic mass is 10.0. The normalized spacial score (nSPS) is 18.7. The Hall–Kier alpha value is -2.40. The molecular weight excluding hydrogens is 493 g/mol. The van der Waals surface area contributed by atoms with E-state index in [0.29, 0.717) is 31.1 Å². The Morgan fingerprint density at radius 3 is 2.30 bits per heavy atom. The van der Waals surface area contributed by atoms with Crippen molar-refractivity contribution in [2.45, 2.75) is 60.0 Å². The molecule has 1 saturated heterocycles. The summed E-state index contributed by atoms with van der Waals surface area (Å²) < 4.78 is 29.1. The largest absolute Gasteiger partial charge is 0.353 e. The molecule has 0 spiro atoms. The van der Waals surface area contributed by atoms with Crippen LogP contribution in [0.1, 0.15) is 48.0 Å². The lowest BCUT2D eigenvalue weighted by molar-refractivity contribution is -0.124. The van der Waals surface area contributed by atoms with Crippen LogP contribution in [0.5, 0.6) is 0 Å². The number of benzene rings is 1. The average Bonchev–Trinajstić information content (AvgIpc) is 3.17. The summed E-state index contributed by atoms with van der Waals surface area (Å²) in [5, 5.41) is 5.53. The summed E-state index contributed by atoms with van der Waals surface area (Å²) in [7, 11) is 0. The zero-order valence-corrected chi connectivity index (χ0v) is 23.8. The third kappa shape index (κ3) is 12.1. The number of carbonyl (C=O) groups is 2. The van der Waals surface area contributed by atoms with Gasteiger partial charge in [0, 0.05) is 43.8 Å².